The highest BCUT2D eigenvalue weighted by Gasteiger charge is 2.49. The number of likely N-dealkylation sites (tertiary alicyclic amines) is 1. The topological polar surface area (TPSA) is 51.0 Å². The van der Waals surface area contributed by atoms with Gasteiger partial charge in [-0.2, -0.15) is 0 Å². The zero-order chi connectivity index (χ0) is 17.2. The van der Waals surface area contributed by atoms with Gasteiger partial charge in [-0.15, -0.1) is 0 Å². The van der Waals surface area contributed by atoms with Crippen LogP contribution in [0, 0.1) is 11.8 Å². The summed E-state index contributed by atoms with van der Waals surface area (Å²) in [6.45, 7) is 4.15. The van der Waals surface area contributed by atoms with Gasteiger partial charge in [-0.3, -0.25) is 0 Å². The van der Waals surface area contributed by atoms with Gasteiger partial charge in [0.25, 0.3) is 0 Å². The molecule has 1 aliphatic carbocycles. The largest absolute Gasteiger partial charge is 1.00 e. The first-order valence-corrected chi connectivity index (χ1v) is 9.32. The molecule has 0 amide bonds. The van der Waals surface area contributed by atoms with Crippen LogP contribution >= 0.6 is 0 Å². The zero-order valence-corrected chi connectivity index (χ0v) is 16.0. The Morgan fingerprint density at radius 2 is 1.84 bits per heavy atom. The minimum absolute atomic E-state index is 0. The number of halogens is 1. The number of hydrogen-bond acceptors (Lipinski definition) is 3. The van der Waals surface area contributed by atoms with Gasteiger partial charge in [0.15, 0.2) is 5.60 Å². The first kappa shape index (κ1) is 20.2. The highest BCUT2D eigenvalue weighted by molar-refractivity contribution is 5.81. The van der Waals surface area contributed by atoms with Crippen molar-refractivity contribution in [3.8, 4) is 0 Å². The molecule has 3 rings (SSSR count). The average Bonchev–Trinajstić information content (AvgIpc) is 3.12. The van der Waals surface area contributed by atoms with Gasteiger partial charge < -0.3 is 27.2 Å². The van der Waals surface area contributed by atoms with Crippen LogP contribution < -0.4 is 17.3 Å². The van der Waals surface area contributed by atoms with Gasteiger partial charge in [0.05, 0.1) is 20.1 Å². The summed E-state index contributed by atoms with van der Waals surface area (Å²) in [6, 6.07) is 9.36. The number of esters is 1. The second kappa shape index (κ2) is 8.52. The van der Waals surface area contributed by atoms with E-state index >= 15 is 0 Å². The summed E-state index contributed by atoms with van der Waals surface area (Å²) in [5.74, 6) is -0.164. The Bertz CT molecular complexity index is 561. The van der Waals surface area contributed by atoms with Crippen LogP contribution in [0.25, 0.3) is 0 Å². The van der Waals surface area contributed by atoms with E-state index in [-0.39, 0.29) is 24.4 Å². The molecular formula is C20H30ClNO3. The lowest BCUT2D eigenvalue weighted by Crippen LogP contribution is -3.11. The molecule has 0 spiro atoms. The van der Waals surface area contributed by atoms with E-state index in [1.807, 2.05) is 30.3 Å². The van der Waals surface area contributed by atoms with Gasteiger partial charge in [0, 0.05) is 18.3 Å². The lowest BCUT2D eigenvalue weighted by atomic mass is 9.80. The van der Waals surface area contributed by atoms with Crippen LogP contribution in [0.4, 0.5) is 0 Å². The number of benzene rings is 1. The maximum atomic E-state index is 13.1. The molecule has 4 nitrogen and oxygen atoms in total. The van der Waals surface area contributed by atoms with Crippen LogP contribution in [-0.4, -0.2) is 37.3 Å². The van der Waals surface area contributed by atoms with Gasteiger partial charge in [-0.1, -0.05) is 50.1 Å². The number of ether oxygens (including phenoxy) is 1. The molecule has 4 atom stereocenters. The van der Waals surface area contributed by atoms with E-state index in [2.05, 4.69) is 14.0 Å². The summed E-state index contributed by atoms with van der Waals surface area (Å²) in [4.78, 5) is 14.5. The van der Waals surface area contributed by atoms with Crippen molar-refractivity contribution < 1.29 is 31.9 Å². The lowest BCUT2D eigenvalue weighted by molar-refractivity contribution is -0.889. The van der Waals surface area contributed by atoms with Crippen molar-refractivity contribution in [2.45, 2.75) is 50.7 Å². The summed E-state index contributed by atoms with van der Waals surface area (Å²) in [6.07, 6.45) is 4.69. The predicted molar refractivity (Wildman–Crippen MR) is 92.6 cm³/mol. The average molecular weight is 368 g/mol. The standard InChI is InChI=1S/C20H29NO3.ClH/c1-15-14-21(2)13-12-18(15)24-19(22)20(23,17-10-6-7-11-17)16-8-4-3-5-9-16;/h3-5,8-9,15,17-18,23H,6-7,10-14H2,1-2H3;1H. The second-order valence-electron chi connectivity index (χ2n) is 7.73. The molecule has 2 N–H and O–H groups in total. The molecule has 5 heteroatoms. The Balaban J connectivity index is 0.00000225. The molecule has 1 aromatic carbocycles. The van der Waals surface area contributed by atoms with E-state index in [1.165, 1.54) is 4.90 Å². The summed E-state index contributed by atoms with van der Waals surface area (Å²) in [5.41, 5.74) is -0.832. The molecule has 1 heterocycles. The molecule has 0 radical (unpaired) electrons. The predicted octanol–water partition coefficient (Wildman–Crippen LogP) is -1.47. The Kier molecular flexibility index (Phi) is 6.89. The van der Waals surface area contributed by atoms with Crippen molar-refractivity contribution in [1.29, 1.82) is 0 Å². The molecule has 2 aliphatic rings. The number of hydrogen-bond donors (Lipinski definition) is 2. The number of carbonyl (C=O) groups excluding carboxylic acids is 1. The van der Waals surface area contributed by atoms with Crippen molar-refractivity contribution in [3.63, 3.8) is 0 Å². The summed E-state index contributed by atoms with van der Waals surface area (Å²) >= 11 is 0. The first-order chi connectivity index (χ1) is 11.5. The van der Waals surface area contributed by atoms with Crippen molar-refractivity contribution in [2.75, 3.05) is 20.1 Å². The lowest BCUT2D eigenvalue weighted by Gasteiger charge is -2.37. The van der Waals surface area contributed by atoms with E-state index in [0.29, 0.717) is 11.5 Å². The molecule has 0 aromatic heterocycles. The van der Waals surface area contributed by atoms with Crippen LogP contribution in [0.5, 0.6) is 0 Å². The van der Waals surface area contributed by atoms with E-state index in [9.17, 15) is 9.90 Å². The van der Waals surface area contributed by atoms with Crippen molar-refractivity contribution >= 4 is 5.97 Å². The number of rotatable bonds is 4. The van der Waals surface area contributed by atoms with Gasteiger partial charge in [-0.25, -0.2) is 4.79 Å². The molecule has 25 heavy (non-hydrogen) atoms. The molecule has 1 saturated carbocycles. The number of aliphatic hydroxyl groups is 1. The third kappa shape index (κ3) is 4.18. The van der Waals surface area contributed by atoms with Crippen LogP contribution in [0.1, 0.15) is 44.6 Å². The first-order valence-electron chi connectivity index (χ1n) is 9.32. The maximum absolute atomic E-state index is 13.1. The van der Waals surface area contributed by atoms with Crippen LogP contribution in [0.2, 0.25) is 0 Å². The Morgan fingerprint density at radius 3 is 2.44 bits per heavy atom. The fourth-order valence-electron chi connectivity index (χ4n) is 4.41. The molecular weight excluding hydrogens is 338 g/mol. The van der Waals surface area contributed by atoms with Crippen LogP contribution in [-0.2, 0) is 15.1 Å². The van der Waals surface area contributed by atoms with Gasteiger partial charge in [0.1, 0.15) is 6.10 Å². The monoisotopic (exact) mass is 367 g/mol. The summed E-state index contributed by atoms with van der Waals surface area (Å²) in [7, 11) is 2.17. The third-order valence-electron chi connectivity index (χ3n) is 5.89. The highest BCUT2D eigenvalue weighted by atomic mass is 35.5. The number of quaternary nitrogens is 1. The summed E-state index contributed by atoms with van der Waals surface area (Å²) in [5, 5.41) is 11.4. The summed E-state index contributed by atoms with van der Waals surface area (Å²) < 4.78 is 5.88. The van der Waals surface area contributed by atoms with Gasteiger partial charge in [0.2, 0.25) is 0 Å². The van der Waals surface area contributed by atoms with E-state index in [0.717, 1.165) is 45.2 Å². The van der Waals surface area contributed by atoms with Crippen LogP contribution in [0.15, 0.2) is 30.3 Å². The molecule has 0 bridgehead atoms. The normalized spacial score (nSPS) is 29.5. The number of nitrogens with one attached hydrogen (secondary N) is 1. The molecule has 140 valence electrons. The Labute approximate surface area is 157 Å². The van der Waals surface area contributed by atoms with E-state index in [4.69, 9.17) is 4.74 Å². The SMILES string of the molecule is CC1C[NH+](C)CCC1OC(=O)C(O)(c1ccccc1)C1CCCC1.[Cl-]. The molecule has 1 aromatic rings. The van der Waals surface area contributed by atoms with Crippen molar-refractivity contribution in [2.24, 2.45) is 11.8 Å². The van der Waals surface area contributed by atoms with E-state index in [1.54, 1.807) is 0 Å². The molecule has 4 unspecified atom stereocenters. The third-order valence-corrected chi connectivity index (χ3v) is 5.89. The highest BCUT2D eigenvalue weighted by Crippen LogP contribution is 2.42. The van der Waals surface area contributed by atoms with Crippen molar-refractivity contribution in [1.82, 2.24) is 0 Å². The van der Waals surface area contributed by atoms with Gasteiger partial charge in [-0.05, 0) is 18.4 Å². The Morgan fingerprint density at radius 1 is 1.20 bits per heavy atom. The maximum Gasteiger partial charge on any atom is 0.343 e. The fourth-order valence-corrected chi connectivity index (χ4v) is 4.41. The number of piperidine rings is 1. The van der Waals surface area contributed by atoms with E-state index < -0.39 is 11.6 Å². The molecule has 1 aliphatic heterocycles. The molecule has 2 fully saturated rings. The molecule has 1 saturated heterocycles. The van der Waals surface area contributed by atoms with Crippen LogP contribution in [0.3, 0.4) is 0 Å². The van der Waals surface area contributed by atoms with Crippen molar-refractivity contribution in [3.05, 3.63) is 35.9 Å². The second-order valence-corrected chi connectivity index (χ2v) is 7.73. The quantitative estimate of drug-likeness (QED) is 0.639. The minimum Gasteiger partial charge on any atom is -1.00 e. The smallest absolute Gasteiger partial charge is 0.343 e. The number of carbonyl (C=O) groups is 1. The Hall–Kier alpha value is -1.10. The fraction of sp³-hybridized carbons (Fsp3) is 0.650. The minimum atomic E-state index is -1.51. The zero-order valence-electron chi connectivity index (χ0n) is 15.2. The van der Waals surface area contributed by atoms with Gasteiger partial charge >= 0.3 is 5.97 Å².